The number of carbonyl (C=O) groups excluding carboxylic acids is 1. The Hall–Kier alpha value is -1.77. The summed E-state index contributed by atoms with van der Waals surface area (Å²) in [6.45, 7) is 1.86. The van der Waals surface area contributed by atoms with Crippen LogP contribution in [0.5, 0.6) is 5.75 Å². The van der Waals surface area contributed by atoms with Crippen LogP contribution in [0.4, 0.5) is 0 Å². The van der Waals surface area contributed by atoms with Crippen LogP contribution < -0.4 is 4.74 Å². The summed E-state index contributed by atoms with van der Waals surface area (Å²) in [5, 5.41) is 0. The van der Waals surface area contributed by atoms with E-state index in [-0.39, 0.29) is 5.97 Å². The first-order valence-corrected chi connectivity index (χ1v) is 4.24. The molecule has 1 aromatic rings. The Kier molecular flexibility index (Phi) is 3.73. The van der Waals surface area contributed by atoms with Gasteiger partial charge in [-0.05, 0) is 31.2 Å². The van der Waals surface area contributed by atoms with Crippen molar-refractivity contribution in [1.29, 1.82) is 0 Å². The number of esters is 1. The molecule has 0 amide bonds. The largest absolute Gasteiger partial charge is 0.465 e. The Morgan fingerprint density at radius 2 is 1.93 bits per heavy atom. The lowest BCUT2D eigenvalue weighted by Crippen LogP contribution is -2.00. The zero-order valence-electron chi connectivity index (χ0n) is 8.19. The van der Waals surface area contributed by atoms with E-state index in [0.29, 0.717) is 11.3 Å². The van der Waals surface area contributed by atoms with Crippen LogP contribution in [-0.2, 0) is 4.74 Å². The summed E-state index contributed by atoms with van der Waals surface area (Å²) >= 11 is 0. The van der Waals surface area contributed by atoms with Crippen LogP contribution in [0.2, 0.25) is 0 Å². The molecule has 0 aliphatic carbocycles. The van der Waals surface area contributed by atoms with Crippen LogP contribution in [0.1, 0.15) is 17.3 Å². The number of ether oxygens (including phenoxy) is 2. The van der Waals surface area contributed by atoms with Crippen molar-refractivity contribution in [3.8, 4) is 5.75 Å². The molecule has 74 valence electrons. The Labute approximate surface area is 83.0 Å². The zero-order valence-corrected chi connectivity index (χ0v) is 8.19. The van der Waals surface area contributed by atoms with Gasteiger partial charge < -0.3 is 9.47 Å². The van der Waals surface area contributed by atoms with Gasteiger partial charge in [0.15, 0.2) is 0 Å². The Balaban J connectivity index is 2.73. The van der Waals surface area contributed by atoms with E-state index in [2.05, 4.69) is 4.74 Å². The maximum atomic E-state index is 11.1. The number of hydrogen-bond acceptors (Lipinski definition) is 3. The van der Waals surface area contributed by atoms with Crippen molar-refractivity contribution < 1.29 is 14.3 Å². The van der Waals surface area contributed by atoms with Crippen molar-refractivity contribution in [3.63, 3.8) is 0 Å². The molecule has 0 unspecified atom stereocenters. The van der Waals surface area contributed by atoms with Crippen LogP contribution in [0, 0.1) is 0 Å². The second-order valence-electron chi connectivity index (χ2n) is 2.60. The number of methoxy groups -OCH3 is 1. The first-order chi connectivity index (χ1) is 6.77. The van der Waals surface area contributed by atoms with E-state index in [9.17, 15) is 4.79 Å². The van der Waals surface area contributed by atoms with Gasteiger partial charge in [0.2, 0.25) is 0 Å². The lowest BCUT2D eigenvalue weighted by molar-refractivity contribution is 0.0600. The van der Waals surface area contributed by atoms with Gasteiger partial charge in [0.1, 0.15) is 5.75 Å². The highest BCUT2D eigenvalue weighted by Crippen LogP contribution is 2.12. The number of hydrogen-bond donors (Lipinski definition) is 0. The molecule has 0 aliphatic heterocycles. The van der Waals surface area contributed by atoms with Gasteiger partial charge in [-0.3, -0.25) is 0 Å². The summed E-state index contributed by atoms with van der Waals surface area (Å²) < 4.78 is 9.75. The van der Waals surface area contributed by atoms with Gasteiger partial charge in [0.25, 0.3) is 0 Å². The molecule has 0 saturated carbocycles. The molecular weight excluding hydrogens is 180 g/mol. The van der Waals surface area contributed by atoms with E-state index in [1.54, 1.807) is 36.6 Å². The van der Waals surface area contributed by atoms with Crippen molar-refractivity contribution in [2.75, 3.05) is 7.11 Å². The van der Waals surface area contributed by atoms with Crippen LogP contribution in [0.25, 0.3) is 0 Å². The summed E-state index contributed by atoms with van der Waals surface area (Å²) in [6.07, 6.45) is 3.36. The maximum Gasteiger partial charge on any atom is 0.337 e. The fourth-order valence-corrected chi connectivity index (χ4v) is 0.934. The van der Waals surface area contributed by atoms with Crippen molar-refractivity contribution in [2.45, 2.75) is 6.92 Å². The Bertz CT molecular complexity index is 325. The molecule has 0 saturated heterocycles. The molecule has 0 heterocycles. The summed E-state index contributed by atoms with van der Waals surface area (Å²) in [4.78, 5) is 11.1. The third kappa shape index (κ3) is 2.62. The molecule has 0 radical (unpaired) electrons. The summed E-state index contributed by atoms with van der Waals surface area (Å²) in [5.74, 6) is 0.346. The summed E-state index contributed by atoms with van der Waals surface area (Å²) in [7, 11) is 1.35. The van der Waals surface area contributed by atoms with E-state index < -0.39 is 0 Å². The zero-order chi connectivity index (χ0) is 10.4. The third-order valence-electron chi connectivity index (χ3n) is 1.62. The summed E-state index contributed by atoms with van der Waals surface area (Å²) in [6, 6.07) is 6.74. The molecule has 0 aromatic heterocycles. The first kappa shape index (κ1) is 10.3. The quantitative estimate of drug-likeness (QED) is 0.545. The van der Waals surface area contributed by atoms with Crippen LogP contribution in [0.3, 0.4) is 0 Å². The first-order valence-electron chi connectivity index (χ1n) is 4.24. The molecule has 14 heavy (non-hydrogen) atoms. The molecule has 0 bridgehead atoms. The minimum absolute atomic E-state index is 0.345. The molecule has 1 rings (SSSR count). The van der Waals surface area contributed by atoms with Crippen molar-refractivity contribution in [1.82, 2.24) is 0 Å². The standard InChI is InChI=1S/C11H12O3/c1-3-8-14-10-6-4-9(5-7-10)11(12)13-2/h3-8H,1-2H3/b8-3+. The topological polar surface area (TPSA) is 35.5 Å². The average Bonchev–Trinajstić information content (AvgIpc) is 2.26. The molecule has 0 spiro atoms. The number of allylic oxidation sites excluding steroid dienone is 1. The third-order valence-corrected chi connectivity index (χ3v) is 1.62. The molecular formula is C11H12O3. The fraction of sp³-hybridized carbons (Fsp3) is 0.182. The van der Waals surface area contributed by atoms with Crippen LogP contribution in [-0.4, -0.2) is 13.1 Å². The van der Waals surface area contributed by atoms with Gasteiger partial charge in [-0.2, -0.15) is 0 Å². The van der Waals surface area contributed by atoms with E-state index >= 15 is 0 Å². The van der Waals surface area contributed by atoms with E-state index in [0.717, 1.165) is 0 Å². The van der Waals surface area contributed by atoms with Gasteiger partial charge in [0.05, 0.1) is 18.9 Å². The highest BCUT2D eigenvalue weighted by atomic mass is 16.5. The predicted octanol–water partition coefficient (Wildman–Crippen LogP) is 2.39. The van der Waals surface area contributed by atoms with Crippen LogP contribution >= 0.6 is 0 Å². The second-order valence-corrected chi connectivity index (χ2v) is 2.60. The van der Waals surface area contributed by atoms with Gasteiger partial charge in [0, 0.05) is 0 Å². The SMILES string of the molecule is C/C=C/Oc1ccc(C(=O)OC)cc1. The number of carbonyl (C=O) groups is 1. The lowest BCUT2D eigenvalue weighted by Gasteiger charge is -2.01. The van der Waals surface area contributed by atoms with Crippen molar-refractivity contribution >= 4 is 5.97 Å². The monoisotopic (exact) mass is 192 g/mol. The second kappa shape index (κ2) is 5.07. The van der Waals surface area contributed by atoms with Gasteiger partial charge >= 0.3 is 5.97 Å². The molecule has 3 heteroatoms. The molecule has 3 nitrogen and oxygen atoms in total. The molecule has 0 fully saturated rings. The van der Waals surface area contributed by atoms with Crippen molar-refractivity contribution in [2.24, 2.45) is 0 Å². The Morgan fingerprint density at radius 3 is 2.43 bits per heavy atom. The number of benzene rings is 1. The molecule has 1 aromatic carbocycles. The smallest absolute Gasteiger partial charge is 0.337 e. The Morgan fingerprint density at radius 1 is 1.29 bits per heavy atom. The molecule has 0 atom stereocenters. The fourth-order valence-electron chi connectivity index (χ4n) is 0.934. The predicted molar refractivity (Wildman–Crippen MR) is 53.2 cm³/mol. The molecule has 0 N–H and O–H groups in total. The van der Waals surface area contributed by atoms with E-state index in [1.165, 1.54) is 7.11 Å². The maximum absolute atomic E-state index is 11.1. The van der Waals surface area contributed by atoms with Crippen LogP contribution in [0.15, 0.2) is 36.6 Å². The highest BCUT2D eigenvalue weighted by Gasteiger charge is 2.03. The average molecular weight is 192 g/mol. The number of rotatable bonds is 3. The normalized spacial score (nSPS) is 10.1. The lowest BCUT2D eigenvalue weighted by atomic mass is 10.2. The molecule has 0 aliphatic rings. The van der Waals surface area contributed by atoms with Gasteiger partial charge in [-0.1, -0.05) is 6.08 Å². The summed E-state index contributed by atoms with van der Waals surface area (Å²) in [5.41, 5.74) is 0.514. The van der Waals surface area contributed by atoms with Gasteiger partial charge in [-0.15, -0.1) is 0 Å². The van der Waals surface area contributed by atoms with E-state index in [1.807, 2.05) is 6.92 Å². The van der Waals surface area contributed by atoms with Crippen molar-refractivity contribution in [3.05, 3.63) is 42.2 Å². The highest BCUT2D eigenvalue weighted by molar-refractivity contribution is 5.89. The van der Waals surface area contributed by atoms with E-state index in [4.69, 9.17) is 4.74 Å². The van der Waals surface area contributed by atoms with Gasteiger partial charge in [-0.25, -0.2) is 4.79 Å². The minimum atomic E-state index is -0.345. The minimum Gasteiger partial charge on any atom is -0.465 e.